The molecule has 2 atom stereocenters. The van der Waals surface area contributed by atoms with Crippen molar-refractivity contribution in [2.24, 2.45) is 5.41 Å². The van der Waals surface area contributed by atoms with Gasteiger partial charge in [0.15, 0.2) is 0 Å². The fraction of sp³-hybridized carbons (Fsp3) is 0.941. The van der Waals surface area contributed by atoms with Gasteiger partial charge in [0, 0.05) is 24.5 Å². The molecule has 23 heavy (non-hydrogen) atoms. The van der Waals surface area contributed by atoms with Gasteiger partial charge in [-0.3, -0.25) is 0 Å². The molecule has 2 fully saturated rings. The van der Waals surface area contributed by atoms with E-state index in [1.165, 1.54) is 6.42 Å². The number of carbonyl (C=O) groups is 1. The summed E-state index contributed by atoms with van der Waals surface area (Å²) in [4.78, 5) is 14.1. The van der Waals surface area contributed by atoms with Crippen LogP contribution in [0.15, 0.2) is 0 Å². The SMILES string of the molecule is CC(C)(C)OC(=O)N1CCC2(CCC2)[C@H](N[S+]([O-])C(C)(C)C)C1. The number of amides is 1. The lowest BCUT2D eigenvalue weighted by Gasteiger charge is -2.53. The summed E-state index contributed by atoms with van der Waals surface area (Å²) >= 11 is -1.13. The minimum absolute atomic E-state index is 0.0811. The van der Waals surface area contributed by atoms with Crippen LogP contribution in [0.2, 0.25) is 0 Å². The fourth-order valence-electron chi connectivity index (χ4n) is 3.23. The Labute approximate surface area is 143 Å². The van der Waals surface area contributed by atoms with Gasteiger partial charge < -0.3 is 14.2 Å². The van der Waals surface area contributed by atoms with E-state index in [2.05, 4.69) is 4.72 Å². The summed E-state index contributed by atoms with van der Waals surface area (Å²) < 4.78 is 21.0. The van der Waals surface area contributed by atoms with Crippen molar-refractivity contribution in [1.29, 1.82) is 0 Å². The third-order valence-electron chi connectivity index (χ3n) is 4.83. The van der Waals surface area contributed by atoms with Gasteiger partial charge in [0.2, 0.25) is 0 Å². The van der Waals surface area contributed by atoms with Crippen molar-refractivity contribution in [3.63, 3.8) is 0 Å². The summed E-state index contributed by atoms with van der Waals surface area (Å²) in [5.74, 6) is 0. The minimum Gasteiger partial charge on any atom is -0.598 e. The zero-order valence-corrected chi connectivity index (χ0v) is 16.2. The summed E-state index contributed by atoms with van der Waals surface area (Å²) in [5.41, 5.74) is -0.279. The van der Waals surface area contributed by atoms with Crippen LogP contribution in [0.25, 0.3) is 0 Å². The van der Waals surface area contributed by atoms with Crippen molar-refractivity contribution in [3.8, 4) is 0 Å². The standard InChI is InChI=1S/C17H32N2O3S/c1-15(2,3)22-14(20)19-11-10-17(8-7-9-17)13(12-19)18-23(21)16(4,5)6/h13,18H,7-12H2,1-6H3/t13-,23?/m1/s1. The van der Waals surface area contributed by atoms with E-state index in [1.807, 2.05) is 41.5 Å². The molecule has 2 rings (SSSR count). The summed E-state index contributed by atoms with van der Waals surface area (Å²) in [6.45, 7) is 12.9. The molecule has 1 unspecified atom stereocenters. The van der Waals surface area contributed by atoms with Crippen LogP contribution in [0, 0.1) is 5.41 Å². The van der Waals surface area contributed by atoms with Crippen LogP contribution in [0.3, 0.4) is 0 Å². The van der Waals surface area contributed by atoms with E-state index < -0.39 is 17.0 Å². The first kappa shape index (κ1) is 18.9. The Morgan fingerprint density at radius 2 is 1.83 bits per heavy atom. The first-order valence-corrected chi connectivity index (χ1v) is 9.74. The van der Waals surface area contributed by atoms with Crippen LogP contribution in [0.5, 0.6) is 0 Å². The number of carbonyl (C=O) groups excluding carboxylic acids is 1. The van der Waals surface area contributed by atoms with Crippen molar-refractivity contribution in [1.82, 2.24) is 9.62 Å². The molecule has 1 aliphatic carbocycles. The van der Waals surface area contributed by atoms with Gasteiger partial charge in [-0.25, -0.2) is 4.79 Å². The Morgan fingerprint density at radius 1 is 1.22 bits per heavy atom. The molecule has 134 valence electrons. The van der Waals surface area contributed by atoms with E-state index in [9.17, 15) is 9.35 Å². The number of piperidine rings is 1. The molecule has 1 saturated carbocycles. The molecule has 1 spiro atoms. The smallest absolute Gasteiger partial charge is 0.410 e. The first-order valence-electron chi connectivity index (χ1n) is 8.59. The highest BCUT2D eigenvalue weighted by atomic mass is 32.2. The molecule has 5 nitrogen and oxygen atoms in total. The zero-order valence-electron chi connectivity index (χ0n) is 15.4. The van der Waals surface area contributed by atoms with Crippen molar-refractivity contribution >= 4 is 17.5 Å². The molecule has 1 aliphatic heterocycles. The van der Waals surface area contributed by atoms with Crippen molar-refractivity contribution in [2.75, 3.05) is 13.1 Å². The van der Waals surface area contributed by atoms with Crippen LogP contribution in [-0.4, -0.2) is 45.0 Å². The summed E-state index contributed by atoms with van der Waals surface area (Å²) in [7, 11) is 0. The third kappa shape index (κ3) is 4.54. The van der Waals surface area contributed by atoms with Crippen molar-refractivity contribution in [3.05, 3.63) is 0 Å². The first-order chi connectivity index (χ1) is 10.4. The van der Waals surface area contributed by atoms with Crippen molar-refractivity contribution in [2.45, 2.75) is 83.6 Å². The molecule has 1 amide bonds. The summed E-state index contributed by atoms with van der Waals surface area (Å²) in [5, 5.41) is 0. The predicted octanol–water partition coefficient (Wildman–Crippen LogP) is 3.22. The number of ether oxygens (including phenoxy) is 1. The Morgan fingerprint density at radius 3 is 2.26 bits per heavy atom. The highest BCUT2D eigenvalue weighted by Gasteiger charge is 2.50. The third-order valence-corrected chi connectivity index (χ3v) is 6.44. The fourth-order valence-corrected chi connectivity index (χ4v) is 4.16. The highest BCUT2D eigenvalue weighted by molar-refractivity contribution is 7.90. The number of nitrogens with one attached hydrogen (secondary N) is 1. The predicted molar refractivity (Wildman–Crippen MR) is 93.5 cm³/mol. The molecular formula is C17H32N2O3S. The van der Waals surface area contributed by atoms with Crippen LogP contribution in [0.4, 0.5) is 4.79 Å². The highest BCUT2D eigenvalue weighted by Crippen LogP contribution is 2.49. The normalized spacial score (nSPS) is 25.9. The average molecular weight is 345 g/mol. The molecule has 1 saturated heterocycles. The molecule has 0 radical (unpaired) electrons. The van der Waals surface area contributed by atoms with Crippen LogP contribution < -0.4 is 4.72 Å². The van der Waals surface area contributed by atoms with Crippen LogP contribution in [0.1, 0.15) is 67.2 Å². The Balaban J connectivity index is 2.05. The monoisotopic (exact) mass is 344 g/mol. The topological polar surface area (TPSA) is 64.6 Å². The van der Waals surface area contributed by atoms with Crippen molar-refractivity contribution < 1.29 is 14.1 Å². The maximum Gasteiger partial charge on any atom is 0.410 e. The van der Waals surface area contributed by atoms with Gasteiger partial charge in [0.05, 0.1) is 6.04 Å². The maximum atomic E-state index is 12.5. The van der Waals surface area contributed by atoms with Gasteiger partial charge in [-0.2, -0.15) is 0 Å². The largest absolute Gasteiger partial charge is 0.598 e. The minimum atomic E-state index is -1.13. The van der Waals surface area contributed by atoms with E-state index >= 15 is 0 Å². The molecule has 0 aromatic rings. The lowest BCUT2D eigenvalue weighted by molar-refractivity contribution is -0.0196. The van der Waals surface area contributed by atoms with Gasteiger partial charge in [-0.05, 0) is 66.2 Å². The van der Waals surface area contributed by atoms with E-state index in [0.717, 1.165) is 25.8 Å². The number of likely N-dealkylation sites (tertiary alicyclic amines) is 1. The second-order valence-electron chi connectivity index (χ2n) is 8.94. The molecule has 0 aromatic carbocycles. The Kier molecular flexibility index (Phi) is 5.29. The quantitative estimate of drug-likeness (QED) is 0.781. The molecule has 6 heteroatoms. The Hall–Kier alpha value is -0.460. The molecule has 2 aliphatic rings. The second-order valence-corrected chi connectivity index (χ2v) is 10.9. The molecule has 1 N–H and O–H groups in total. The number of rotatable bonds is 2. The van der Waals surface area contributed by atoms with Crippen LogP contribution in [-0.2, 0) is 16.1 Å². The van der Waals surface area contributed by atoms with E-state index in [0.29, 0.717) is 6.54 Å². The number of hydrogen-bond acceptors (Lipinski definition) is 4. The second kappa shape index (κ2) is 6.45. The Bertz CT molecular complexity index is 438. The summed E-state index contributed by atoms with van der Waals surface area (Å²) in [6.07, 6.45) is 4.25. The van der Waals surface area contributed by atoms with E-state index in [1.54, 1.807) is 4.90 Å². The van der Waals surface area contributed by atoms with Gasteiger partial charge in [-0.1, -0.05) is 6.42 Å². The van der Waals surface area contributed by atoms with Gasteiger partial charge in [-0.15, -0.1) is 4.72 Å². The van der Waals surface area contributed by atoms with Gasteiger partial charge in [0.25, 0.3) is 0 Å². The van der Waals surface area contributed by atoms with Gasteiger partial charge >= 0.3 is 6.09 Å². The zero-order chi connectivity index (χ0) is 17.5. The average Bonchev–Trinajstić information content (AvgIpc) is 2.33. The molecule has 0 aromatic heterocycles. The molecule has 0 bridgehead atoms. The number of hydrogen-bond donors (Lipinski definition) is 1. The van der Waals surface area contributed by atoms with E-state index in [4.69, 9.17) is 4.74 Å². The number of nitrogens with zero attached hydrogens (tertiary/aromatic N) is 1. The van der Waals surface area contributed by atoms with Crippen LogP contribution >= 0.6 is 0 Å². The maximum absolute atomic E-state index is 12.5. The summed E-state index contributed by atoms with van der Waals surface area (Å²) in [6, 6.07) is 0.0811. The molecular weight excluding hydrogens is 312 g/mol. The lowest BCUT2D eigenvalue weighted by Crippen LogP contribution is -2.63. The van der Waals surface area contributed by atoms with E-state index in [-0.39, 0.29) is 22.3 Å². The lowest BCUT2D eigenvalue weighted by atomic mass is 9.61. The van der Waals surface area contributed by atoms with Gasteiger partial charge in [0.1, 0.15) is 10.3 Å². The molecule has 1 heterocycles.